The van der Waals surface area contributed by atoms with Gasteiger partial charge in [-0.3, -0.25) is 9.48 Å². The normalized spacial score (nSPS) is 17.0. The first-order valence-electron chi connectivity index (χ1n) is 8.57. The van der Waals surface area contributed by atoms with Gasteiger partial charge in [0.15, 0.2) is 0 Å². The Morgan fingerprint density at radius 2 is 2.29 bits per heavy atom. The molecule has 0 radical (unpaired) electrons. The summed E-state index contributed by atoms with van der Waals surface area (Å²) in [6.45, 7) is 0. The second-order valence-corrected chi connectivity index (χ2v) is 6.54. The van der Waals surface area contributed by atoms with Crippen LogP contribution in [0.15, 0.2) is 36.7 Å². The largest absolute Gasteiger partial charge is 0.361 e. The Morgan fingerprint density at radius 1 is 1.42 bits per heavy atom. The van der Waals surface area contributed by atoms with E-state index in [2.05, 4.69) is 27.5 Å². The average Bonchev–Trinajstić information content (AvgIpc) is 3.18. The van der Waals surface area contributed by atoms with E-state index in [1.807, 2.05) is 36.3 Å². The van der Waals surface area contributed by atoms with Crippen molar-refractivity contribution in [3.05, 3.63) is 53.5 Å². The van der Waals surface area contributed by atoms with Crippen molar-refractivity contribution >= 4 is 16.8 Å². The standard InChI is InChI=1S/C19H22N4O/c1-23-18-8-4-7-17(15(18)12-21-23)22-19(24)10-9-13-11-20-16-6-3-2-5-14(13)16/h2-3,5-6,11-12,17,20H,4,7-10H2,1H3,(H,22,24)/t17-/m1/s1. The minimum Gasteiger partial charge on any atom is -0.361 e. The summed E-state index contributed by atoms with van der Waals surface area (Å²) < 4.78 is 1.93. The topological polar surface area (TPSA) is 62.7 Å². The van der Waals surface area contributed by atoms with E-state index in [4.69, 9.17) is 0 Å². The number of nitrogens with one attached hydrogen (secondary N) is 2. The number of carbonyl (C=O) groups is 1. The van der Waals surface area contributed by atoms with Crippen LogP contribution in [0.3, 0.4) is 0 Å². The number of nitrogens with zero attached hydrogens (tertiary/aromatic N) is 2. The van der Waals surface area contributed by atoms with Crippen molar-refractivity contribution in [1.82, 2.24) is 20.1 Å². The molecule has 2 N–H and O–H groups in total. The maximum atomic E-state index is 12.4. The third-order valence-corrected chi connectivity index (χ3v) is 5.01. The van der Waals surface area contributed by atoms with E-state index in [1.54, 1.807) is 0 Å². The van der Waals surface area contributed by atoms with Crippen LogP contribution < -0.4 is 5.32 Å². The van der Waals surface area contributed by atoms with Crippen molar-refractivity contribution in [1.29, 1.82) is 0 Å². The Bertz CT molecular complexity index is 877. The smallest absolute Gasteiger partial charge is 0.220 e. The molecule has 0 unspecified atom stereocenters. The molecule has 1 amide bonds. The molecule has 0 bridgehead atoms. The van der Waals surface area contributed by atoms with Crippen LogP contribution in [0.2, 0.25) is 0 Å². The fraction of sp³-hybridized carbons (Fsp3) is 0.368. The number of rotatable bonds is 4. The number of hydrogen-bond donors (Lipinski definition) is 2. The van der Waals surface area contributed by atoms with Crippen LogP contribution in [0.4, 0.5) is 0 Å². The van der Waals surface area contributed by atoms with E-state index in [1.165, 1.54) is 22.2 Å². The van der Waals surface area contributed by atoms with Gasteiger partial charge in [-0.15, -0.1) is 0 Å². The van der Waals surface area contributed by atoms with E-state index in [0.29, 0.717) is 6.42 Å². The molecule has 24 heavy (non-hydrogen) atoms. The second kappa shape index (κ2) is 6.15. The van der Waals surface area contributed by atoms with Crippen LogP contribution in [-0.4, -0.2) is 20.7 Å². The molecular weight excluding hydrogens is 300 g/mol. The van der Waals surface area contributed by atoms with Crippen molar-refractivity contribution in [2.24, 2.45) is 7.05 Å². The van der Waals surface area contributed by atoms with Gasteiger partial charge in [-0.05, 0) is 37.3 Å². The minimum atomic E-state index is 0.109. The number of H-pyrrole nitrogens is 1. The molecule has 0 saturated carbocycles. The van der Waals surface area contributed by atoms with Gasteiger partial charge < -0.3 is 10.3 Å². The van der Waals surface area contributed by atoms with Crippen molar-refractivity contribution in [3.63, 3.8) is 0 Å². The highest BCUT2D eigenvalue weighted by atomic mass is 16.1. The highest BCUT2D eigenvalue weighted by Gasteiger charge is 2.24. The molecule has 124 valence electrons. The third-order valence-electron chi connectivity index (χ3n) is 5.01. The Balaban J connectivity index is 1.41. The summed E-state index contributed by atoms with van der Waals surface area (Å²) >= 11 is 0. The average molecular weight is 322 g/mol. The van der Waals surface area contributed by atoms with Crippen LogP contribution in [0.5, 0.6) is 0 Å². The lowest BCUT2D eigenvalue weighted by atomic mass is 9.93. The monoisotopic (exact) mass is 322 g/mol. The van der Waals surface area contributed by atoms with Crippen LogP contribution in [-0.2, 0) is 24.7 Å². The number of amides is 1. The molecule has 1 atom stereocenters. The lowest BCUT2D eigenvalue weighted by Gasteiger charge is -2.23. The number of benzene rings is 1. The zero-order chi connectivity index (χ0) is 16.5. The zero-order valence-electron chi connectivity index (χ0n) is 13.9. The molecule has 1 aromatic carbocycles. The van der Waals surface area contributed by atoms with Crippen LogP contribution in [0, 0.1) is 0 Å². The maximum absolute atomic E-state index is 12.4. The molecular formula is C19H22N4O. The van der Waals surface area contributed by atoms with Gasteiger partial charge in [-0.1, -0.05) is 18.2 Å². The van der Waals surface area contributed by atoms with Crippen molar-refractivity contribution in [3.8, 4) is 0 Å². The first kappa shape index (κ1) is 15.0. The molecule has 1 aliphatic rings. The summed E-state index contributed by atoms with van der Waals surface area (Å²) in [4.78, 5) is 15.7. The molecule has 0 fully saturated rings. The van der Waals surface area contributed by atoms with Crippen LogP contribution in [0.25, 0.3) is 10.9 Å². The number of aromatic nitrogens is 3. The minimum absolute atomic E-state index is 0.109. The summed E-state index contributed by atoms with van der Waals surface area (Å²) in [7, 11) is 1.97. The number of hydrogen-bond acceptors (Lipinski definition) is 2. The first-order chi connectivity index (χ1) is 11.7. The number of aromatic amines is 1. The first-order valence-corrected chi connectivity index (χ1v) is 8.57. The van der Waals surface area contributed by atoms with E-state index in [-0.39, 0.29) is 11.9 Å². The van der Waals surface area contributed by atoms with Gasteiger partial charge in [-0.2, -0.15) is 5.10 Å². The summed E-state index contributed by atoms with van der Waals surface area (Å²) in [5, 5.41) is 8.74. The van der Waals surface area contributed by atoms with Gasteiger partial charge in [0.2, 0.25) is 5.91 Å². The lowest BCUT2D eigenvalue weighted by Crippen LogP contribution is -2.31. The van der Waals surface area contributed by atoms with Gasteiger partial charge in [-0.25, -0.2) is 0 Å². The Kier molecular flexibility index (Phi) is 3.84. The lowest BCUT2D eigenvalue weighted by molar-refractivity contribution is -0.121. The van der Waals surface area contributed by atoms with E-state index >= 15 is 0 Å². The van der Waals surface area contributed by atoms with Crippen LogP contribution >= 0.6 is 0 Å². The molecule has 5 nitrogen and oxygen atoms in total. The van der Waals surface area contributed by atoms with E-state index < -0.39 is 0 Å². The van der Waals surface area contributed by atoms with Gasteiger partial charge in [0, 0.05) is 41.8 Å². The fourth-order valence-corrected chi connectivity index (χ4v) is 3.71. The third kappa shape index (κ3) is 2.70. The molecule has 2 aromatic heterocycles. The number of aryl methyl sites for hydroxylation is 2. The van der Waals surface area contributed by atoms with Crippen molar-refractivity contribution in [2.75, 3.05) is 0 Å². The van der Waals surface area contributed by atoms with E-state index in [9.17, 15) is 4.79 Å². The number of fused-ring (bicyclic) bond motifs is 2. The summed E-state index contributed by atoms with van der Waals surface area (Å²) in [6.07, 6.45) is 8.32. The fourth-order valence-electron chi connectivity index (χ4n) is 3.71. The molecule has 1 aliphatic carbocycles. The van der Waals surface area contributed by atoms with Gasteiger partial charge in [0.05, 0.1) is 12.2 Å². The quantitative estimate of drug-likeness (QED) is 0.775. The second-order valence-electron chi connectivity index (χ2n) is 6.54. The van der Waals surface area contributed by atoms with Crippen molar-refractivity contribution in [2.45, 2.75) is 38.1 Å². The molecule has 5 heteroatoms. The number of para-hydroxylation sites is 1. The molecule has 3 aromatic rings. The van der Waals surface area contributed by atoms with Gasteiger partial charge in [0.25, 0.3) is 0 Å². The molecule has 0 spiro atoms. The Labute approximate surface area is 141 Å². The highest BCUT2D eigenvalue weighted by Crippen LogP contribution is 2.29. The predicted molar refractivity (Wildman–Crippen MR) is 93.6 cm³/mol. The summed E-state index contributed by atoms with van der Waals surface area (Å²) in [5.74, 6) is 0.113. The van der Waals surface area contributed by atoms with Gasteiger partial charge in [0.1, 0.15) is 0 Å². The predicted octanol–water partition coefficient (Wildman–Crippen LogP) is 3.03. The summed E-state index contributed by atoms with van der Waals surface area (Å²) in [6, 6.07) is 8.32. The van der Waals surface area contributed by atoms with E-state index in [0.717, 1.165) is 31.2 Å². The maximum Gasteiger partial charge on any atom is 0.220 e. The Morgan fingerprint density at radius 3 is 3.21 bits per heavy atom. The van der Waals surface area contributed by atoms with Gasteiger partial charge >= 0.3 is 0 Å². The molecule has 0 aliphatic heterocycles. The molecule has 2 heterocycles. The van der Waals surface area contributed by atoms with Crippen molar-refractivity contribution < 1.29 is 4.79 Å². The molecule has 0 saturated heterocycles. The molecule has 4 rings (SSSR count). The zero-order valence-corrected chi connectivity index (χ0v) is 13.9. The highest BCUT2D eigenvalue weighted by molar-refractivity contribution is 5.84. The Hall–Kier alpha value is -2.56. The number of carbonyl (C=O) groups excluding carboxylic acids is 1. The summed E-state index contributed by atoms with van der Waals surface area (Å²) in [5.41, 5.74) is 4.76. The van der Waals surface area contributed by atoms with Crippen LogP contribution in [0.1, 0.15) is 42.1 Å². The SMILES string of the molecule is Cn1ncc2c1CCC[C@H]2NC(=O)CCc1c[nH]c2ccccc12.